The molecule has 0 bridgehead atoms. The first-order valence-electron chi connectivity index (χ1n) is 7.56. The van der Waals surface area contributed by atoms with Crippen LogP contribution in [-0.2, 0) is 6.54 Å². The van der Waals surface area contributed by atoms with Crippen LogP contribution in [0.2, 0.25) is 0 Å². The van der Waals surface area contributed by atoms with Crippen molar-refractivity contribution < 1.29 is 15.0 Å². The van der Waals surface area contributed by atoms with Gasteiger partial charge in [0.15, 0.2) is 5.69 Å². The zero-order chi connectivity index (χ0) is 17.3. The summed E-state index contributed by atoms with van der Waals surface area (Å²) in [5, 5.41) is 30.3. The van der Waals surface area contributed by atoms with Crippen LogP contribution >= 0.6 is 0 Å². The molecule has 1 N–H and O–H groups in total. The maximum atomic E-state index is 10.7. The van der Waals surface area contributed by atoms with Gasteiger partial charge in [-0.1, -0.05) is 23.8 Å². The van der Waals surface area contributed by atoms with Gasteiger partial charge in [-0.25, -0.2) is 0 Å². The molecular weight excluding hydrogens is 306 g/mol. The minimum absolute atomic E-state index is 0.0632. The van der Waals surface area contributed by atoms with E-state index in [2.05, 4.69) is 10.2 Å². The summed E-state index contributed by atoms with van der Waals surface area (Å²) in [6.07, 6.45) is 0. The molecule has 6 nitrogen and oxygen atoms in total. The number of benzene rings is 2. The number of carbonyl (C=O) groups is 1. The molecule has 1 heterocycles. The van der Waals surface area contributed by atoms with Crippen molar-refractivity contribution in [1.82, 2.24) is 4.57 Å². The van der Waals surface area contributed by atoms with Crippen molar-refractivity contribution in [2.45, 2.75) is 20.4 Å². The Hall–Kier alpha value is -3.15. The van der Waals surface area contributed by atoms with Crippen LogP contribution in [0.3, 0.4) is 0 Å². The predicted octanol–water partition coefficient (Wildman–Crippen LogP) is 3.45. The van der Waals surface area contributed by atoms with Gasteiger partial charge in [0.1, 0.15) is 0 Å². The van der Waals surface area contributed by atoms with Gasteiger partial charge in [-0.3, -0.25) is 0 Å². The Bertz CT molecular complexity index is 940. The minimum Gasteiger partial charge on any atom is -0.545 e. The Balaban J connectivity index is 2.04. The maximum absolute atomic E-state index is 10.7. The van der Waals surface area contributed by atoms with Gasteiger partial charge in [-0.15, -0.1) is 5.11 Å². The van der Waals surface area contributed by atoms with Crippen LogP contribution in [0.1, 0.15) is 22.8 Å². The Morgan fingerprint density at radius 1 is 1.17 bits per heavy atom. The van der Waals surface area contributed by atoms with Gasteiger partial charge in [0.25, 0.3) is 0 Å². The lowest BCUT2D eigenvalue weighted by molar-refractivity contribution is -0.255. The summed E-state index contributed by atoms with van der Waals surface area (Å²) in [7, 11) is 0. The molecule has 1 aromatic heterocycles. The fourth-order valence-corrected chi connectivity index (χ4v) is 2.63. The Labute approximate surface area is 138 Å². The fourth-order valence-electron chi connectivity index (χ4n) is 2.63. The van der Waals surface area contributed by atoms with Gasteiger partial charge in [-0.2, -0.15) is 5.11 Å². The fraction of sp³-hybridized carbons (Fsp3) is 0.167. The highest BCUT2D eigenvalue weighted by molar-refractivity contribution is 5.95. The molecule has 0 saturated carbocycles. The topological polar surface area (TPSA) is 90.0 Å². The number of hydrogen-bond donors (Lipinski definition) is 1. The van der Waals surface area contributed by atoms with Crippen molar-refractivity contribution in [3.8, 4) is 5.88 Å². The predicted molar refractivity (Wildman–Crippen MR) is 89.0 cm³/mol. The van der Waals surface area contributed by atoms with E-state index in [9.17, 15) is 15.0 Å². The summed E-state index contributed by atoms with van der Waals surface area (Å²) < 4.78 is 1.77. The van der Waals surface area contributed by atoms with Crippen molar-refractivity contribution in [2.24, 2.45) is 10.2 Å². The monoisotopic (exact) mass is 322 g/mol. The highest BCUT2D eigenvalue weighted by Gasteiger charge is 2.15. The van der Waals surface area contributed by atoms with Crippen LogP contribution in [0.15, 0.2) is 52.7 Å². The van der Waals surface area contributed by atoms with E-state index < -0.39 is 5.97 Å². The average Bonchev–Trinajstić information content (AvgIpc) is 2.83. The third-order valence-corrected chi connectivity index (χ3v) is 3.85. The van der Waals surface area contributed by atoms with Crippen LogP contribution in [0, 0.1) is 6.92 Å². The van der Waals surface area contributed by atoms with Gasteiger partial charge < -0.3 is 19.6 Å². The highest BCUT2D eigenvalue weighted by Crippen LogP contribution is 2.39. The number of carbonyl (C=O) groups excluding carboxylic acids is 1. The first-order chi connectivity index (χ1) is 11.5. The SMILES string of the molecule is CCn1c(O)c(N=Nc2ccc(C(=O)[O-])cc2)c2cc(C)ccc21. The number of azo groups is 1. The standard InChI is InChI=1S/C18H17N3O3/c1-3-21-15-9-4-11(2)10-14(15)16(17(21)22)20-19-13-7-5-12(6-8-13)18(23)24/h4-10,22H,3H2,1-2H3,(H,23,24)/p-1. The van der Waals surface area contributed by atoms with Gasteiger partial charge >= 0.3 is 0 Å². The zero-order valence-corrected chi connectivity index (χ0v) is 13.4. The number of fused-ring (bicyclic) bond motifs is 1. The quantitative estimate of drug-likeness (QED) is 0.746. The van der Waals surface area contributed by atoms with E-state index in [0.717, 1.165) is 16.5 Å². The normalized spacial score (nSPS) is 11.4. The van der Waals surface area contributed by atoms with Crippen molar-refractivity contribution in [3.05, 3.63) is 53.6 Å². The number of hydrogen-bond acceptors (Lipinski definition) is 5. The van der Waals surface area contributed by atoms with Gasteiger partial charge in [0.2, 0.25) is 5.88 Å². The lowest BCUT2D eigenvalue weighted by atomic mass is 10.1. The number of rotatable bonds is 4. The van der Waals surface area contributed by atoms with Crippen LogP contribution in [0.4, 0.5) is 11.4 Å². The molecule has 0 unspecified atom stereocenters. The van der Waals surface area contributed by atoms with Crippen LogP contribution < -0.4 is 5.11 Å². The third-order valence-electron chi connectivity index (χ3n) is 3.85. The van der Waals surface area contributed by atoms with E-state index in [1.54, 1.807) is 4.57 Å². The van der Waals surface area contributed by atoms with E-state index in [1.807, 2.05) is 32.0 Å². The second kappa shape index (κ2) is 6.16. The number of aryl methyl sites for hydroxylation is 2. The molecule has 122 valence electrons. The molecule has 6 heteroatoms. The number of aromatic hydroxyl groups is 1. The van der Waals surface area contributed by atoms with Crippen LogP contribution in [0.25, 0.3) is 10.9 Å². The molecule has 0 spiro atoms. The molecule has 0 atom stereocenters. The van der Waals surface area contributed by atoms with Gasteiger partial charge in [0.05, 0.1) is 17.2 Å². The molecule has 0 radical (unpaired) electrons. The summed E-state index contributed by atoms with van der Waals surface area (Å²) in [6, 6.07) is 11.8. The lowest BCUT2D eigenvalue weighted by Crippen LogP contribution is -2.21. The highest BCUT2D eigenvalue weighted by atomic mass is 16.4. The number of aromatic nitrogens is 1. The first-order valence-corrected chi connectivity index (χ1v) is 7.56. The first kappa shape index (κ1) is 15.7. The summed E-state index contributed by atoms with van der Waals surface area (Å²) in [5.74, 6) is -1.18. The molecule has 0 saturated heterocycles. The zero-order valence-electron chi connectivity index (χ0n) is 13.4. The molecule has 0 amide bonds. The number of carboxylic acids is 1. The number of carboxylic acid groups (broad SMARTS) is 1. The van der Waals surface area contributed by atoms with Crippen LogP contribution in [0.5, 0.6) is 5.88 Å². The molecule has 0 aliphatic rings. The molecule has 0 aliphatic carbocycles. The second-order valence-corrected chi connectivity index (χ2v) is 5.47. The van der Waals surface area contributed by atoms with Crippen molar-refractivity contribution in [3.63, 3.8) is 0 Å². The molecule has 0 aliphatic heterocycles. The molecular formula is C18H16N3O3-. The molecule has 0 fully saturated rings. The van der Waals surface area contributed by atoms with E-state index in [4.69, 9.17) is 0 Å². The molecule has 3 rings (SSSR count). The summed E-state index contributed by atoms with van der Waals surface area (Å²) in [4.78, 5) is 10.7. The smallest absolute Gasteiger partial charge is 0.220 e. The molecule has 2 aromatic carbocycles. The summed E-state index contributed by atoms with van der Waals surface area (Å²) in [5.41, 5.74) is 2.92. The minimum atomic E-state index is -1.24. The van der Waals surface area contributed by atoms with E-state index in [1.165, 1.54) is 24.3 Å². The Kier molecular flexibility index (Phi) is 4.04. The summed E-state index contributed by atoms with van der Waals surface area (Å²) >= 11 is 0. The Morgan fingerprint density at radius 2 is 1.88 bits per heavy atom. The van der Waals surface area contributed by atoms with Crippen molar-refractivity contribution in [1.29, 1.82) is 0 Å². The molecule has 24 heavy (non-hydrogen) atoms. The van der Waals surface area contributed by atoms with Gasteiger partial charge in [0, 0.05) is 11.9 Å². The second-order valence-electron chi connectivity index (χ2n) is 5.47. The van der Waals surface area contributed by atoms with Crippen molar-refractivity contribution >= 4 is 28.2 Å². The van der Waals surface area contributed by atoms with Crippen LogP contribution in [-0.4, -0.2) is 15.6 Å². The average molecular weight is 322 g/mol. The Morgan fingerprint density at radius 3 is 2.50 bits per heavy atom. The molecule has 3 aromatic rings. The van der Waals surface area contributed by atoms with E-state index in [0.29, 0.717) is 17.9 Å². The largest absolute Gasteiger partial charge is 0.545 e. The van der Waals surface area contributed by atoms with E-state index >= 15 is 0 Å². The van der Waals surface area contributed by atoms with Gasteiger partial charge in [-0.05, 0) is 43.7 Å². The van der Waals surface area contributed by atoms with E-state index in [-0.39, 0.29) is 11.4 Å². The lowest BCUT2D eigenvalue weighted by Gasteiger charge is -2.01. The van der Waals surface area contributed by atoms with Crippen molar-refractivity contribution in [2.75, 3.05) is 0 Å². The summed E-state index contributed by atoms with van der Waals surface area (Å²) in [6.45, 7) is 4.53. The number of aromatic carboxylic acids is 1. The maximum Gasteiger partial charge on any atom is 0.220 e. The third kappa shape index (κ3) is 2.74. The number of nitrogens with zero attached hydrogens (tertiary/aromatic N) is 3.